The van der Waals surface area contributed by atoms with E-state index in [1.165, 1.54) is 25.7 Å². The zero-order valence-corrected chi connectivity index (χ0v) is 22.5. The van der Waals surface area contributed by atoms with Crippen molar-refractivity contribution in [2.24, 2.45) is 10.8 Å². The molecule has 0 amide bonds. The first kappa shape index (κ1) is 27.4. The zero-order valence-electron chi connectivity index (χ0n) is 18.5. The number of allylic oxidation sites excluding steroid dienone is 8. The van der Waals surface area contributed by atoms with E-state index in [2.05, 4.69) is 91.8 Å². The first-order valence-corrected chi connectivity index (χ1v) is 12.6. The molecule has 0 N–H and O–H groups in total. The van der Waals surface area contributed by atoms with Crippen molar-refractivity contribution in [2.75, 3.05) is 0 Å². The van der Waals surface area contributed by atoms with Gasteiger partial charge in [0.25, 0.3) is 0 Å². The van der Waals surface area contributed by atoms with Crippen LogP contribution in [0, 0.1) is 10.8 Å². The summed E-state index contributed by atoms with van der Waals surface area (Å²) in [4.78, 5) is 0. The minimum Gasteiger partial charge on any atom is -1.00 e. The SMILES string of the molecule is CCCC(C)(C)C1=C[C](C)([Zr+2][C]2(C)C=CC(C(C)(C)CCC)=C2)C=C1.[Cl-].[Cl-]. The topological polar surface area (TPSA) is 0 Å². The molecule has 0 radical (unpaired) electrons. The van der Waals surface area contributed by atoms with Crippen molar-refractivity contribution >= 4 is 0 Å². The number of hydrogen-bond acceptors (Lipinski definition) is 0. The molecule has 3 heteroatoms. The third-order valence-corrected chi connectivity index (χ3v) is 10.2. The van der Waals surface area contributed by atoms with Crippen LogP contribution in [0.15, 0.2) is 47.6 Å². The quantitative estimate of drug-likeness (QED) is 0.491. The van der Waals surface area contributed by atoms with Crippen LogP contribution in [0.2, 0.25) is 6.25 Å². The summed E-state index contributed by atoms with van der Waals surface area (Å²) in [7, 11) is 0. The summed E-state index contributed by atoms with van der Waals surface area (Å²) in [6.07, 6.45) is 20.2. The fourth-order valence-electron chi connectivity index (χ4n) is 4.48. The van der Waals surface area contributed by atoms with Gasteiger partial charge < -0.3 is 24.8 Å². The minimum atomic E-state index is -0.703. The summed E-state index contributed by atoms with van der Waals surface area (Å²) in [5, 5.41) is 0. The molecule has 0 spiro atoms. The van der Waals surface area contributed by atoms with Gasteiger partial charge in [-0.15, -0.1) is 0 Å². The Bertz CT molecular complexity index is 570. The van der Waals surface area contributed by atoms with Gasteiger partial charge in [-0.25, -0.2) is 0 Å². The molecular formula is C24H38Cl2Zr. The molecule has 2 aliphatic carbocycles. The smallest absolute Gasteiger partial charge is 1.00 e. The maximum absolute atomic E-state index is 2.62. The van der Waals surface area contributed by atoms with Crippen molar-refractivity contribution in [3.63, 3.8) is 0 Å². The molecule has 2 atom stereocenters. The molecule has 0 heterocycles. The molecule has 2 unspecified atom stereocenters. The Labute approximate surface area is 192 Å². The molecule has 0 nitrogen and oxygen atoms in total. The predicted molar refractivity (Wildman–Crippen MR) is 109 cm³/mol. The van der Waals surface area contributed by atoms with Crippen molar-refractivity contribution in [3.8, 4) is 0 Å². The minimum absolute atomic E-state index is 0. The van der Waals surface area contributed by atoms with Gasteiger partial charge in [-0.2, -0.15) is 0 Å². The van der Waals surface area contributed by atoms with Crippen molar-refractivity contribution in [1.29, 1.82) is 0 Å². The van der Waals surface area contributed by atoms with Crippen LogP contribution in [0.3, 0.4) is 0 Å². The van der Waals surface area contributed by atoms with E-state index in [-0.39, 0.29) is 24.8 Å². The second-order valence-electron chi connectivity index (χ2n) is 9.82. The van der Waals surface area contributed by atoms with Gasteiger partial charge in [0.2, 0.25) is 0 Å². The molecule has 0 aromatic carbocycles. The van der Waals surface area contributed by atoms with Crippen LogP contribution in [0.5, 0.6) is 0 Å². The van der Waals surface area contributed by atoms with Crippen LogP contribution in [-0.2, 0) is 23.2 Å². The molecule has 0 aliphatic heterocycles. The second-order valence-corrected chi connectivity index (χ2v) is 15.7. The van der Waals surface area contributed by atoms with Gasteiger partial charge in [0, 0.05) is 0 Å². The standard InChI is InChI=1S/2C12H19.2ClH.Zr/c2*1-5-8-12(3,4)11-7-6-10(2)9-11;;;/h2*6-7,9H,5,8H2,1-4H3;2*1H;/q;;;;+2/p-2. The molecule has 2 aliphatic rings. The number of rotatable bonds is 8. The van der Waals surface area contributed by atoms with Crippen molar-refractivity contribution < 1.29 is 48.0 Å². The second kappa shape index (κ2) is 9.95. The summed E-state index contributed by atoms with van der Waals surface area (Å²) < 4.78 is 0.674. The van der Waals surface area contributed by atoms with Crippen LogP contribution in [-0.4, -0.2) is 0 Å². The van der Waals surface area contributed by atoms with Gasteiger partial charge >= 0.3 is 169 Å². The summed E-state index contributed by atoms with van der Waals surface area (Å²) in [6, 6.07) is 0. The maximum Gasteiger partial charge on any atom is -1.00 e. The van der Waals surface area contributed by atoms with Crippen molar-refractivity contribution in [3.05, 3.63) is 47.6 Å². The maximum atomic E-state index is 2.62. The monoisotopic (exact) mass is 486 g/mol. The Hall–Kier alpha value is 0.423. The van der Waals surface area contributed by atoms with E-state index in [1.54, 1.807) is 11.1 Å². The van der Waals surface area contributed by atoms with E-state index in [1.807, 2.05) is 0 Å². The Kier molecular flexibility index (Phi) is 10.1. The van der Waals surface area contributed by atoms with Gasteiger partial charge in [0.05, 0.1) is 0 Å². The molecule has 27 heavy (non-hydrogen) atoms. The Morgan fingerprint density at radius 3 is 1.37 bits per heavy atom. The Morgan fingerprint density at radius 1 is 0.741 bits per heavy atom. The molecule has 0 bridgehead atoms. The van der Waals surface area contributed by atoms with Gasteiger partial charge in [-0.05, 0) is 0 Å². The van der Waals surface area contributed by atoms with Crippen LogP contribution < -0.4 is 24.8 Å². The van der Waals surface area contributed by atoms with E-state index in [4.69, 9.17) is 0 Å². The van der Waals surface area contributed by atoms with E-state index < -0.39 is 23.2 Å². The average Bonchev–Trinajstić information content (AvgIpc) is 3.03. The fourth-order valence-corrected chi connectivity index (χ4v) is 9.27. The average molecular weight is 489 g/mol. The molecular weight excluding hydrogens is 450 g/mol. The number of halogens is 2. The zero-order chi connectivity index (χ0) is 18.9. The summed E-state index contributed by atoms with van der Waals surface area (Å²) in [5.74, 6) is 0. The third-order valence-electron chi connectivity index (χ3n) is 5.98. The molecule has 2 rings (SSSR count). The number of hydrogen-bond donors (Lipinski definition) is 0. The predicted octanol–water partition coefficient (Wildman–Crippen LogP) is 2.08. The van der Waals surface area contributed by atoms with E-state index in [0.717, 1.165) is 0 Å². The largest absolute Gasteiger partial charge is 1.00 e. The molecule has 0 saturated heterocycles. The van der Waals surface area contributed by atoms with Gasteiger partial charge in [0.1, 0.15) is 0 Å². The molecule has 0 saturated carbocycles. The van der Waals surface area contributed by atoms with Crippen LogP contribution in [0.1, 0.15) is 81.1 Å². The van der Waals surface area contributed by atoms with E-state index >= 15 is 0 Å². The molecule has 0 fully saturated rings. The third kappa shape index (κ3) is 6.72. The molecule has 0 aromatic heterocycles. The van der Waals surface area contributed by atoms with Crippen LogP contribution in [0.25, 0.3) is 0 Å². The normalized spacial score (nSPS) is 26.8. The first-order chi connectivity index (χ1) is 11.5. The van der Waals surface area contributed by atoms with Gasteiger partial charge in [-0.3, -0.25) is 0 Å². The van der Waals surface area contributed by atoms with Crippen LogP contribution >= 0.6 is 0 Å². The van der Waals surface area contributed by atoms with Crippen molar-refractivity contribution in [1.82, 2.24) is 0 Å². The van der Waals surface area contributed by atoms with Gasteiger partial charge in [-0.1, -0.05) is 0 Å². The summed E-state index contributed by atoms with van der Waals surface area (Å²) in [5.41, 5.74) is 3.77. The van der Waals surface area contributed by atoms with Crippen molar-refractivity contribution in [2.45, 2.75) is 87.3 Å². The Morgan fingerprint density at radius 2 is 1.07 bits per heavy atom. The first-order valence-electron chi connectivity index (χ1n) is 10.1. The fraction of sp³-hybridized carbons (Fsp3) is 0.667. The molecule has 0 aromatic rings. The molecule has 152 valence electrons. The summed E-state index contributed by atoms with van der Waals surface area (Å²) >= 11 is -0.703. The van der Waals surface area contributed by atoms with Gasteiger partial charge in [0.15, 0.2) is 0 Å². The van der Waals surface area contributed by atoms with E-state index in [9.17, 15) is 0 Å². The van der Waals surface area contributed by atoms with E-state index in [0.29, 0.717) is 17.1 Å². The van der Waals surface area contributed by atoms with Crippen LogP contribution in [0.4, 0.5) is 0 Å². The summed E-state index contributed by atoms with van der Waals surface area (Å²) in [6.45, 7) is 19.2. The Balaban J connectivity index is 0.00000338.